The number of aromatic carboxylic acids is 1. The van der Waals surface area contributed by atoms with Crippen molar-refractivity contribution in [1.29, 1.82) is 0 Å². The Morgan fingerprint density at radius 3 is 3.00 bits per heavy atom. The van der Waals surface area contributed by atoms with Gasteiger partial charge >= 0.3 is 5.97 Å². The molecule has 16 heavy (non-hydrogen) atoms. The van der Waals surface area contributed by atoms with Gasteiger partial charge in [-0.1, -0.05) is 0 Å². The van der Waals surface area contributed by atoms with E-state index in [0.717, 1.165) is 0 Å². The molecule has 2 heterocycles. The molecule has 0 amide bonds. The van der Waals surface area contributed by atoms with Crippen LogP contribution in [0.15, 0.2) is 23.7 Å². The standard InChI is InChI=1S/C11H6N2O2S/c1-2-8-6-16-10(13-8)9-5-7(11(14)15)3-4-12-9/h1,3-6H,(H,14,15). The summed E-state index contributed by atoms with van der Waals surface area (Å²) in [5, 5.41) is 11.2. The second-order valence-corrected chi connectivity index (χ2v) is 3.78. The Morgan fingerprint density at radius 2 is 2.38 bits per heavy atom. The van der Waals surface area contributed by atoms with Gasteiger partial charge in [-0.15, -0.1) is 17.8 Å². The molecule has 0 unspecified atom stereocenters. The van der Waals surface area contributed by atoms with Crippen molar-refractivity contribution in [3.05, 3.63) is 35.0 Å². The Hall–Kier alpha value is -2.19. The van der Waals surface area contributed by atoms with Crippen molar-refractivity contribution in [1.82, 2.24) is 9.97 Å². The van der Waals surface area contributed by atoms with Crippen LogP contribution < -0.4 is 0 Å². The van der Waals surface area contributed by atoms with Crippen molar-refractivity contribution in [2.24, 2.45) is 0 Å². The molecule has 0 saturated carbocycles. The predicted octanol–water partition coefficient (Wildman–Crippen LogP) is 1.88. The number of rotatable bonds is 2. The molecule has 0 aliphatic carbocycles. The monoisotopic (exact) mass is 230 g/mol. The number of pyridine rings is 1. The lowest BCUT2D eigenvalue weighted by Gasteiger charge is -1.97. The first-order valence-corrected chi connectivity index (χ1v) is 5.20. The van der Waals surface area contributed by atoms with Gasteiger partial charge in [0.05, 0.1) is 11.3 Å². The Balaban J connectivity index is 2.44. The summed E-state index contributed by atoms with van der Waals surface area (Å²) >= 11 is 1.34. The normalized spacial score (nSPS) is 9.69. The Morgan fingerprint density at radius 1 is 1.56 bits per heavy atom. The van der Waals surface area contributed by atoms with Crippen LogP contribution in [0.2, 0.25) is 0 Å². The Kier molecular flexibility index (Phi) is 2.66. The van der Waals surface area contributed by atoms with E-state index in [9.17, 15) is 4.79 Å². The summed E-state index contributed by atoms with van der Waals surface area (Å²) in [4.78, 5) is 19.0. The molecule has 0 aliphatic heterocycles. The van der Waals surface area contributed by atoms with Gasteiger partial charge in [0.15, 0.2) is 0 Å². The first-order chi connectivity index (χ1) is 7.70. The average Bonchev–Trinajstić information content (AvgIpc) is 2.77. The SMILES string of the molecule is C#Cc1csc(-c2cc(C(=O)O)ccn2)n1. The lowest BCUT2D eigenvalue weighted by atomic mass is 10.2. The lowest BCUT2D eigenvalue weighted by molar-refractivity contribution is 0.0697. The summed E-state index contributed by atoms with van der Waals surface area (Å²) in [6.45, 7) is 0. The number of carbonyl (C=O) groups is 1. The van der Waals surface area contributed by atoms with Crippen molar-refractivity contribution in [2.75, 3.05) is 0 Å². The molecule has 0 fully saturated rings. The second-order valence-electron chi connectivity index (χ2n) is 2.92. The van der Waals surface area contributed by atoms with Gasteiger partial charge < -0.3 is 5.11 Å². The van der Waals surface area contributed by atoms with Crippen LogP contribution in [0.4, 0.5) is 0 Å². The summed E-state index contributed by atoms with van der Waals surface area (Å²) in [5.41, 5.74) is 1.23. The summed E-state index contributed by atoms with van der Waals surface area (Å²) in [7, 11) is 0. The van der Waals surface area contributed by atoms with Gasteiger partial charge in [-0.3, -0.25) is 4.98 Å². The fourth-order valence-electron chi connectivity index (χ4n) is 1.14. The maximum absolute atomic E-state index is 10.8. The molecule has 0 aliphatic rings. The van der Waals surface area contributed by atoms with Gasteiger partial charge in [0.1, 0.15) is 10.7 Å². The average molecular weight is 230 g/mol. The fraction of sp³-hybridized carbons (Fsp3) is 0. The number of thiazole rings is 1. The Bertz CT molecular complexity index is 584. The van der Waals surface area contributed by atoms with Gasteiger partial charge in [0, 0.05) is 11.6 Å². The molecule has 4 nitrogen and oxygen atoms in total. The van der Waals surface area contributed by atoms with E-state index in [1.54, 1.807) is 5.38 Å². The highest BCUT2D eigenvalue weighted by Crippen LogP contribution is 2.22. The van der Waals surface area contributed by atoms with Crippen LogP contribution in [0.3, 0.4) is 0 Å². The summed E-state index contributed by atoms with van der Waals surface area (Å²) in [6.07, 6.45) is 6.64. The lowest BCUT2D eigenvalue weighted by Crippen LogP contribution is -1.97. The third-order valence-electron chi connectivity index (χ3n) is 1.88. The van der Waals surface area contributed by atoms with Crippen molar-refractivity contribution in [3.63, 3.8) is 0 Å². The van der Waals surface area contributed by atoms with Gasteiger partial charge in [-0.25, -0.2) is 9.78 Å². The number of aromatic nitrogens is 2. The zero-order chi connectivity index (χ0) is 11.5. The van der Waals surface area contributed by atoms with Crippen LogP contribution in [-0.4, -0.2) is 21.0 Å². The highest BCUT2D eigenvalue weighted by Gasteiger charge is 2.08. The van der Waals surface area contributed by atoms with Crippen LogP contribution in [0, 0.1) is 12.3 Å². The minimum absolute atomic E-state index is 0.183. The van der Waals surface area contributed by atoms with Crippen molar-refractivity contribution in [2.45, 2.75) is 0 Å². The first-order valence-electron chi connectivity index (χ1n) is 4.32. The summed E-state index contributed by atoms with van der Waals surface area (Å²) in [6, 6.07) is 2.91. The maximum atomic E-state index is 10.8. The number of hydrogen-bond donors (Lipinski definition) is 1. The van der Waals surface area contributed by atoms with E-state index in [4.69, 9.17) is 11.5 Å². The Labute approximate surface area is 95.6 Å². The van der Waals surface area contributed by atoms with Crippen molar-refractivity contribution in [3.8, 4) is 23.0 Å². The number of terminal acetylenes is 1. The van der Waals surface area contributed by atoms with E-state index in [-0.39, 0.29) is 5.56 Å². The molecule has 0 saturated heterocycles. The minimum atomic E-state index is -0.989. The van der Waals surface area contributed by atoms with Gasteiger partial charge in [0.2, 0.25) is 0 Å². The van der Waals surface area contributed by atoms with E-state index >= 15 is 0 Å². The highest BCUT2D eigenvalue weighted by molar-refractivity contribution is 7.13. The molecular formula is C11H6N2O2S. The molecule has 78 valence electrons. The summed E-state index contributed by atoms with van der Waals surface area (Å²) in [5.74, 6) is 1.42. The van der Waals surface area contributed by atoms with E-state index in [0.29, 0.717) is 16.4 Å². The van der Waals surface area contributed by atoms with Crippen LogP contribution >= 0.6 is 11.3 Å². The van der Waals surface area contributed by atoms with Crippen molar-refractivity contribution < 1.29 is 9.90 Å². The largest absolute Gasteiger partial charge is 0.478 e. The topological polar surface area (TPSA) is 63.1 Å². The molecule has 5 heteroatoms. The molecule has 2 aromatic heterocycles. The summed E-state index contributed by atoms with van der Waals surface area (Å²) < 4.78 is 0. The van der Waals surface area contributed by atoms with Crippen LogP contribution in [0.5, 0.6) is 0 Å². The third kappa shape index (κ3) is 1.92. The second kappa shape index (κ2) is 4.13. The molecule has 1 N–H and O–H groups in total. The first kappa shape index (κ1) is 10.3. The molecule has 0 aromatic carbocycles. The zero-order valence-corrected chi connectivity index (χ0v) is 8.86. The number of hydrogen-bond acceptors (Lipinski definition) is 4. The fourth-order valence-corrected chi connectivity index (χ4v) is 1.87. The van der Waals surface area contributed by atoms with Gasteiger partial charge in [-0.05, 0) is 18.1 Å². The maximum Gasteiger partial charge on any atom is 0.335 e. The molecule has 2 rings (SSSR count). The smallest absolute Gasteiger partial charge is 0.335 e. The van der Waals surface area contributed by atoms with Gasteiger partial charge in [0.25, 0.3) is 0 Å². The molecule has 0 radical (unpaired) electrons. The number of carboxylic acid groups (broad SMARTS) is 1. The van der Waals surface area contributed by atoms with E-state index in [1.807, 2.05) is 0 Å². The number of carboxylic acids is 1. The quantitative estimate of drug-likeness (QED) is 0.800. The van der Waals surface area contributed by atoms with E-state index in [1.165, 1.54) is 29.7 Å². The zero-order valence-electron chi connectivity index (χ0n) is 8.04. The van der Waals surface area contributed by atoms with Gasteiger partial charge in [-0.2, -0.15) is 0 Å². The molecule has 0 bridgehead atoms. The molecular weight excluding hydrogens is 224 g/mol. The number of nitrogens with zero attached hydrogens (tertiary/aromatic N) is 2. The minimum Gasteiger partial charge on any atom is -0.478 e. The highest BCUT2D eigenvalue weighted by atomic mass is 32.1. The van der Waals surface area contributed by atoms with E-state index in [2.05, 4.69) is 15.9 Å². The molecule has 2 aromatic rings. The third-order valence-corrected chi connectivity index (χ3v) is 2.74. The molecule has 0 spiro atoms. The predicted molar refractivity (Wildman–Crippen MR) is 60.2 cm³/mol. The van der Waals surface area contributed by atoms with Crippen LogP contribution in [0.25, 0.3) is 10.7 Å². The van der Waals surface area contributed by atoms with Crippen molar-refractivity contribution >= 4 is 17.3 Å². The molecule has 0 atom stereocenters. The van der Waals surface area contributed by atoms with Crippen LogP contribution in [0.1, 0.15) is 16.1 Å². The van der Waals surface area contributed by atoms with Crippen LogP contribution in [-0.2, 0) is 0 Å². The van der Waals surface area contributed by atoms with E-state index < -0.39 is 5.97 Å².